The number of hydrogen-bond acceptors (Lipinski definition) is 5. The average Bonchev–Trinajstić information content (AvgIpc) is 3.02. The molecule has 0 unspecified atom stereocenters. The number of aromatic nitrogens is 3. The van der Waals surface area contributed by atoms with E-state index in [0.717, 1.165) is 13.0 Å². The number of nitrogens with zero attached hydrogens (tertiary/aromatic N) is 4. The van der Waals surface area contributed by atoms with E-state index >= 15 is 0 Å². The minimum Gasteiger partial charge on any atom is -0.277 e. The summed E-state index contributed by atoms with van der Waals surface area (Å²) in [7, 11) is 0. The highest BCUT2D eigenvalue weighted by molar-refractivity contribution is 7.10. The minimum atomic E-state index is -0.0751. The molecular weight excluding hydrogens is 296 g/mol. The van der Waals surface area contributed by atoms with Gasteiger partial charge >= 0.3 is 0 Å². The molecule has 4 rings (SSSR count). The molecule has 0 fully saturated rings. The number of fused-ring (bicyclic) bond motifs is 2. The van der Waals surface area contributed by atoms with E-state index in [9.17, 15) is 4.79 Å². The smallest absolute Gasteiger partial charge is 0.277 e. The Morgan fingerprint density at radius 3 is 3.09 bits per heavy atom. The Labute approximate surface area is 131 Å². The zero-order chi connectivity index (χ0) is 15.1. The minimum absolute atomic E-state index is 0.0751. The van der Waals surface area contributed by atoms with Crippen LogP contribution in [0.5, 0.6) is 0 Å². The summed E-state index contributed by atoms with van der Waals surface area (Å²) < 4.78 is 1.47. The molecule has 0 saturated heterocycles. The van der Waals surface area contributed by atoms with Crippen LogP contribution in [0.2, 0.25) is 0 Å². The van der Waals surface area contributed by atoms with Crippen LogP contribution in [-0.2, 0) is 13.1 Å². The summed E-state index contributed by atoms with van der Waals surface area (Å²) in [5, 5.41) is 11.0. The van der Waals surface area contributed by atoms with Crippen molar-refractivity contribution >= 4 is 22.2 Å². The van der Waals surface area contributed by atoms with Crippen LogP contribution in [-0.4, -0.2) is 26.4 Å². The lowest BCUT2D eigenvalue weighted by atomic mass is 10.0. The Morgan fingerprint density at radius 2 is 2.18 bits per heavy atom. The van der Waals surface area contributed by atoms with E-state index in [0.29, 0.717) is 23.6 Å². The van der Waals surface area contributed by atoms with Crippen molar-refractivity contribution in [2.45, 2.75) is 26.1 Å². The monoisotopic (exact) mass is 312 g/mol. The van der Waals surface area contributed by atoms with E-state index < -0.39 is 0 Å². The van der Waals surface area contributed by atoms with Crippen LogP contribution in [0.1, 0.15) is 23.4 Å². The molecule has 2 aromatic heterocycles. The summed E-state index contributed by atoms with van der Waals surface area (Å²) >= 11 is 1.82. The topological polar surface area (TPSA) is 51.0 Å². The van der Waals surface area contributed by atoms with Crippen LogP contribution in [0.3, 0.4) is 0 Å². The first-order chi connectivity index (χ1) is 10.7. The second-order valence-electron chi connectivity index (χ2n) is 5.59. The zero-order valence-corrected chi connectivity index (χ0v) is 13.1. The fourth-order valence-electron chi connectivity index (χ4n) is 3.04. The number of thiophene rings is 1. The molecule has 112 valence electrons. The maximum Gasteiger partial charge on any atom is 0.278 e. The maximum atomic E-state index is 12.5. The maximum absolute atomic E-state index is 12.5. The van der Waals surface area contributed by atoms with Gasteiger partial charge in [-0.3, -0.25) is 9.69 Å². The molecule has 0 aliphatic carbocycles. The first kappa shape index (κ1) is 13.6. The highest BCUT2D eigenvalue weighted by Gasteiger charge is 2.25. The standard InChI is InChI=1S/C16H16N4OS/c1-11-12-7-9-22-15(12)6-8-19(11)10-20-16(21)13-4-2-3-5-14(13)17-18-20/h2-5,7,9,11H,6,8,10H2,1H3/t11-/m1/s1. The van der Waals surface area contributed by atoms with Crippen molar-refractivity contribution in [2.24, 2.45) is 0 Å². The van der Waals surface area contributed by atoms with Crippen molar-refractivity contribution in [3.63, 3.8) is 0 Å². The van der Waals surface area contributed by atoms with Gasteiger partial charge in [-0.2, -0.15) is 4.68 Å². The quantitative estimate of drug-likeness (QED) is 0.729. The van der Waals surface area contributed by atoms with Crippen LogP contribution in [0.15, 0.2) is 40.5 Å². The van der Waals surface area contributed by atoms with E-state index in [2.05, 4.69) is 33.6 Å². The van der Waals surface area contributed by atoms with E-state index in [1.54, 1.807) is 6.07 Å². The lowest BCUT2D eigenvalue weighted by Gasteiger charge is -2.33. The summed E-state index contributed by atoms with van der Waals surface area (Å²) in [6.07, 6.45) is 1.03. The molecule has 22 heavy (non-hydrogen) atoms. The molecule has 0 radical (unpaired) electrons. The van der Waals surface area contributed by atoms with Crippen LogP contribution < -0.4 is 5.56 Å². The second kappa shape index (κ2) is 5.30. The Kier molecular flexibility index (Phi) is 3.28. The Balaban J connectivity index is 1.67. The molecule has 1 atom stereocenters. The van der Waals surface area contributed by atoms with E-state index in [1.807, 2.05) is 29.5 Å². The zero-order valence-electron chi connectivity index (χ0n) is 12.3. The van der Waals surface area contributed by atoms with Crippen molar-refractivity contribution in [1.82, 2.24) is 19.9 Å². The number of hydrogen-bond donors (Lipinski definition) is 0. The van der Waals surface area contributed by atoms with Crippen molar-refractivity contribution in [1.29, 1.82) is 0 Å². The molecule has 0 N–H and O–H groups in total. The van der Waals surface area contributed by atoms with Gasteiger partial charge in [0, 0.05) is 17.5 Å². The SMILES string of the molecule is C[C@@H]1c2ccsc2CCN1Cn1nnc2ccccc2c1=O. The first-order valence-corrected chi connectivity index (χ1v) is 8.25. The molecule has 0 bridgehead atoms. The summed E-state index contributed by atoms with van der Waals surface area (Å²) in [5.41, 5.74) is 1.95. The third kappa shape index (κ3) is 2.15. The van der Waals surface area contributed by atoms with Crippen molar-refractivity contribution < 1.29 is 0 Å². The summed E-state index contributed by atoms with van der Waals surface area (Å²) in [5.74, 6) is 0. The Hall–Kier alpha value is -2.05. The Morgan fingerprint density at radius 1 is 1.32 bits per heavy atom. The molecule has 0 saturated carbocycles. The predicted octanol–water partition coefficient (Wildman–Crippen LogP) is 2.43. The molecule has 5 nitrogen and oxygen atoms in total. The third-order valence-electron chi connectivity index (χ3n) is 4.35. The van der Waals surface area contributed by atoms with Gasteiger partial charge in [0.05, 0.1) is 12.1 Å². The van der Waals surface area contributed by atoms with Gasteiger partial charge in [0.25, 0.3) is 5.56 Å². The summed E-state index contributed by atoms with van der Waals surface area (Å²) in [4.78, 5) is 16.3. The normalized spacial score (nSPS) is 18.5. The average molecular weight is 312 g/mol. The van der Waals surface area contributed by atoms with Gasteiger partial charge < -0.3 is 0 Å². The Bertz CT molecular complexity index is 885. The highest BCUT2D eigenvalue weighted by Crippen LogP contribution is 2.32. The van der Waals surface area contributed by atoms with E-state index in [1.165, 1.54) is 15.1 Å². The lowest BCUT2D eigenvalue weighted by Crippen LogP contribution is -2.39. The van der Waals surface area contributed by atoms with Crippen molar-refractivity contribution in [3.05, 3.63) is 56.5 Å². The van der Waals surface area contributed by atoms with Crippen LogP contribution in [0.25, 0.3) is 10.9 Å². The third-order valence-corrected chi connectivity index (χ3v) is 5.35. The van der Waals surface area contributed by atoms with Gasteiger partial charge in [0.1, 0.15) is 5.52 Å². The van der Waals surface area contributed by atoms with Gasteiger partial charge in [-0.25, -0.2) is 0 Å². The lowest BCUT2D eigenvalue weighted by molar-refractivity contribution is 0.140. The largest absolute Gasteiger partial charge is 0.278 e. The van der Waals surface area contributed by atoms with Crippen LogP contribution in [0.4, 0.5) is 0 Å². The van der Waals surface area contributed by atoms with E-state index in [-0.39, 0.29) is 5.56 Å². The van der Waals surface area contributed by atoms with Crippen LogP contribution >= 0.6 is 11.3 Å². The van der Waals surface area contributed by atoms with Gasteiger partial charge in [-0.15, -0.1) is 16.4 Å². The molecular formula is C16H16N4OS. The highest BCUT2D eigenvalue weighted by atomic mass is 32.1. The molecule has 1 aliphatic rings. The van der Waals surface area contributed by atoms with Crippen LogP contribution in [0, 0.1) is 0 Å². The molecule has 1 aliphatic heterocycles. The molecule has 0 spiro atoms. The summed E-state index contributed by atoms with van der Waals surface area (Å²) in [6, 6.07) is 9.83. The molecule has 3 heterocycles. The first-order valence-electron chi connectivity index (χ1n) is 7.37. The summed E-state index contributed by atoms with van der Waals surface area (Å²) in [6.45, 7) is 3.60. The molecule has 3 aromatic rings. The van der Waals surface area contributed by atoms with Gasteiger partial charge in [0.15, 0.2) is 0 Å². The molecule has 1 aromatic carbocycles. The second-order valence-corrected chi connectivity index (χ2v) is 6.59. The number of rotatable bonds is 2. The van der Waals surface area contributed by atoms with Gasteiger partial charge in [0.2, 0.25) is 0 Å². The number of benzene rings is 1. The predicted molar refractivity (Wildman–Crippen MR) is 86.9 cm³/mol. The molecule has 0 amide bonds. The van der Waals surface area contributed by atoms with Crippen molar-refractivity contribution in [3.8, 4) is 0 Å². The van der Waals surface area contributed by atoms with Gasteiger partial charge in [-0.05, 0) is 42.5 Å². The van der Waals surface area contributed by atoms with E-state index in [4.69, 9.17) is 0 Å². The van der Waals surface area contributed by atoms with Crippen molar-refractivity contribution in [2.75, 3.05) is 6.54 Å². The van der Waals surface area contributed by atoms with Gasteiger partial charge in [-0.1, -0.05) is 17.3 Å². The molecule has 6 heteroatoms. The fourth-order valence-corrected chi connectivity index (χ4v) is 4.01. The fraction of sp³-hybridized carbons (Fsp3) is 0.312.